The Labute approximate surface area is 49.0 Å². The first kappa shape index (κ1) is 5.23. The first-order chi connectivity index (χ1) is 3.21. The van der Waals surface area contributed by atoms with Gasteiger partial charge in [-0.15, -0.1) is 11.8 Å². The van der Waals surface area contributed by atoms with Gasteiger partial charge >= 0.3 is 0 Å². The maximum absolute atomic E-state index is 2.26. The Kier molecular flexibility index (Phi) is 1.16. The van der Waals surface area contributed by atoms with E-state index in [1.165, 1.54) is 5.75 Å². The molecule has 0 spiro atoms. The van der Waals surface area contributed by atoms with E-state index in [0.29, 0.717) is 5.41 Å². The van der Waals surface area contributed by atoms with Gasteiger partial charge in [-0.05, 0) is 10.8 Å². The molecule has 0 fully saturated rings. The van der Waals surface area contributed by atoms with Crippen LogP contribution >= 0.6 is 11.8 Å². The van der Waals surface area contributed by atoms with Gasteiger partial charge in [0.15, 0.2) is 0 Å². The average molecular weight is 114 g/mol. The van der Waals surface area contributed by atoms with Crippen LogP contribution < -0.4 is 0 Å². The Balaban J connectivity index is 2.57. The minimum atomic E-state index is 0.477. The van der Waals surface area contributed by atoms with Gasteiger partial charge in [-0.3, -0.25) is 0 Å². The molecule has 0 aromatic rings. The molecule has 0 aromatic carbocycles. The molecule has 1 aliphatic rings. The van der Waals surface area contributed by atoms with Gasteiger partial charge in [-0.25, -0.2) is 0 Å². The summed E-state index contributed by atoms with van der Waals surface area (Å²) in [4.78, 5) is 0. The van der Waals surface area contributed by atoms with E-state index in [4.69, 9.17) is 0 Å². The highest BCUT2D eigenvalue weighted by atomic mass is 32.2. The molecule has 7 heavy (non-hydrogen) atoms. The second-order valence-electron chi connectivity index (χ2n) is 2.60. The van der Waals surface area contributed by atoms with E-state index in [1.807, 2.05) is 11.8 Å². The van der Waals surface area contributed by atoms with Gasteiger partial charge < -0.3 is 0 Å². The van der Waals surface area contributed by atoms with Crippen LogP contribution in [0.2, 0.25) is 0 Å². The van der Waals surface area contributed by atoms with Gasteiger partial charge in [0.1, 0.15) is 0 Å². The van der Waals surface area contributed by atoms with Crippen LogP contribution in [-0.2, 0) is 0 Å². The Morgan fingerprint density at radius 2 is 2.29 bits per heavy atom. The molecule has 0 aliphatic carbocycles. The van der Waals surface area contributed by atoms with Crippen LogP contribution in [-0.4, -0.2) is 5.75 Å². The van der Waals surface area contributed by atoms with Crippen LogP contribution in [0.1, 0.15) is 13.8 Å². The largest absolute Gasteiger partial charge is 0.134 e. The maximum Gasteiger partial charge on any atom is 0.00603 e. The minimum absolute atomic E-state index is 0.477. The van der Waals surface area contributed by atoms with Gasteiger partial charge in [0.2, 0.25) is 0 Å². The molecule has 0 bridgehead atoms. The standard InChI is InChI=1S/C6H10S/c1-6(2)3-4-7-5-6/h3-4H,5H2,1-2H3. The molecule has 0 saturated heterocycles. The lowest BCUT2D eigenvalue weighted by Crippen LogP contribution is -2.05. The lowest BCUT2D eigenvalue weighted by Gasteiger charge is -2.10. The lowest BCUT2D eigenvalue weighted by molar-refractivity contribution is 0.565. The van der Waals surface area contributed by atoms with E-state index in [-0.39, 0.29) is 0 Å². The zero-order valence-electron chi connectivity index (χ0n) is 4.77. The first-order valence-electron chi connectivity index (χ1n) is 2.50. The van der Waals surface area contributed by atoms with Gasteiger partial charge in [-0.2, -0.15) is 0 Å². The fraction of sp³-hybridized carbons (Fsp3) is 0.667. The molecular formula is C6H10S. The molecule has 0 atom stereocenters. The van der Waals surface area contributed by atoms with Crippen molar-refractivity contribution in [3.63, 3.8) is 0 Å². The number of allylic oxidation sites excluding steroid dienone is 1. The molecule has 0 amide bonds. The predicted molar refractivity (Wildman–Crippen MR) is 35.4 cm³/mol. The van der Waals surface area contributed by atoms with Gasteiger partial charge in [0.05, 0.1) is 0 Å². The van der Waals surface area contributed by atoms with Crippen LogP contribution in [0.5, 0.6) is 0 Å². The van der Waals surface area contributed by atoms with E-state index in [1.54, 1.807) is 0 Å². The van der Waals surface area contributed by atoms with Crippen LogP contribution in [0.3, 0.4) is 0 Å². The molecule has 0 radical (unpaired) electrons. The summed E-state index contributed by atoms with van der Waals surface area (Å²) in [6.07, 6.45) is 2.26. The number of thioether (sulfide) groups is 1. The maximum atomic E-state index is 2.26. The van der Waals surface area contributed by atoms with Gasteiger partial charge in [0, 0.05) is 5.75 Å². The number of hydrogen-bond acceptors (Lipinski definition) is 1. The predicted octanol–water partition coefficient (Wildman–Crippen LogP) is 2.27. The van der Waals surface area contributed by atoms with E-state index in [0.717, 1.165) is 0 Å². The van der Waals surface area contributed by atoms with Crippen molar-refractivity contribution < 1.29 is 0 Å². The fourth-order valence-corrected chi connectivity index (χ4v) is 1.63. The zero-order valence-corrected chi connectivity index (χ0v) is 5.59. The quantitative estimate of drug-likeness (QED) is 0.465. The summed E-state index contributed by atoms with van der Waals surface area (Å²) in [5, 5.41) is 2.18. The molecule has 0 N–H and O–H groups in total. The highest BCUT2D eigenvalue weighted by molar-refractivity contribution is 8.02. The molecule has 0 nitrogen and oxygen atoms in total. The second kappa shape index (κ2) is 1.55. The van der Waals surface area contributed by atoms with Crippen LogP contribution in [0.25, 0.3) is 0 Å². The summed E-state index contributed by atoms with van der Waals surface area (Å²) in [7, 11) is 0. The Morgan fingerprint density at radius 3 is 2.43 bits per heavy atom. The van der Waals surface area contributed by atoms with Crippen LogP contribution in [0.4, 0.5) is 0 Å². The molecule has 1 heterocycles. The Morgan fingerprint density at radius 1 is 1.57 bits per heavy atom. The number of rotatable bonds is 0. The molecule has 40 valence electrons. The van der Waals surface area contributed by atoms with Crippen LogP contribution in [0.15, 0.2) is 11.5 Å². The SMILES string of the molecule is CC1(C)C=CSC1. The lowest BCUT2D eigenvalue weighted by atomic mass is 9.98. The summed E-state index contributed by atoms with van der Waals surface area (Å²) in [5.41, 5.74) is 0.477. The van der Waals surface area contributed by atoms with Crippen molar-refractivity contribution >= 4 is 11.8 Å². The van der Waals surface area contributed by atoms with E-state index in [2.05, 4.69) is 25.3 Å². The van der Waals surface area contributed by atoms with E-state index in [9.17, 15) is 0 Å². The summed E-state index contributed by atoms with van der Waals surface area (Å²) >= 11 is 1.90. The van der Waals surface area contributed by atoms with Crippen LogP contribution in [0, 0.1) is 5.41 Å². The van der Waals surface area contributed by atoms with E-state index < -0.39 is 0 Å². The highest BCUT2D eigenvalue weighted by Crippen LogP contribution is 2.30. The third kappa shape index (κ3) is 1.23. The Hall–Kier alpha value is 0.0900. The highest BCUT2D eigenvalue weighted by Gasteiger charge is 2.16. The van der Waals surface area contributed by atoms with Gasteiger partial charge in [-0.1, -0.05) is 19.9 Å². The molecular weight excluding hydrogens is 104 g/mol. The first-order valence-corrected chi connectivity index (χ1v) is 3.55. The summed E-state index contributed by atoms with van der Waals surface area (Å²) in [6.45, 7) is 4.51. The molecule has 0 aromatic heterocycles. The van der Waals surface area contributed by atoms with Crippen molar-refractivity contribution in [2.45, 2.75) is 13.8 Å². The monoisotopic (exact) mass is 114 g/mol. The molecule has 1 heteroatoms. The van der Waals surface area contributed by atoms with E-state index >= 15 is 0 Å². The summed E-state index contributed by atoms with van der Waals surface area (Å²) in [5.74, 6) is 1.26. The number of hydrogen-bond donors (Lipinski definition) is 0. The second-order valence-corrected chi connectivity index (χ2v) is 3.50. The van der Waals surface area contributed by atoms with Crippen molar-refractivity contribution in [2.24, 2.45) is 5.41 Å². The van der Waals surface area contributed by atoms with Crippen molar-refractivity contribution in [2.75, 3.05) is 5.75 Å². The average Bonchev–Trinajstić information content (AvgIpc) is 1.84. The topological polar surface area (TPSA) is 0 Å². The minimum Gasteiger partial charge on any atom is -0.134 e. The fourth-order valence-electron chi connectivity index (χ4n) is 0.543. The molecule has 1 rings (SSSR count). The molecule has 0 unspecified atom stereocenters. The third-order valence-corrected chi connectivity index (χ3v) is 2.31. The van der Waals surface area contributed by atoms with Crippen molar-refractivity contribution in [3.05, 3.63) is 11.5 Å². The van der Waals surface area contributed by atoms with Crippen molar-refractivity contribution in [1.29, 1.82) is 0 Å². The smallest absolute Gasteiger partial charge is 0.00603 e. The van der Waals surface area contributed by atoms with Crippen molar-refractivity contribution in [3.8, 4) is 0 Å². The zero-order chi connectivity index (χ0) is 5.33. The normalized spacial score (nSPS) is 26.0. The Bertz CT molecular complexity index is 92.4. The third-order valence-electron chi connectivity index (χ3n) is 1.07. The molecule has 0 saturated carbocycles. The summed E-state index contributed by atoms with van der Waals surface area (Å²) < 4.78 is 0. The summed E-state index contributed by atoms with van der Waals surface area (Å²) in [6, 6.07) is 0. The van der Waals surface area contributed by atoms with Gasteiger partial charge in [0.25, 0.3) is 0 Å². The van der Waals surface area contributed by atoms with Crippen molar-refractivity contribution in [1.82, 2.24) is 0 Å². The molecule has 1 aliphatic heterocycles.